The average molecular weight is 291 g/mol. The van der Waals surface area contributed by atoms with E-state index in [2.05, 4.69) is 24.1 Å². The number of nitrogens with two attached hydrogens (primary N) is 1. The van der Waals surface area contributed by atoms with E-state index >= 15 is 0 Å². The van der Waals surface area contributed by atoms with Gasteiger partial charge in [0.1, 0.15) is 0 Å². The highest BCUT2D eigenvalue weighted by Crippen LogP contribution is 2.18. The van der Waals surface area contributed by atoms with E-state index in [9.17, 15) is 4.79 Å². The molecule has 0 spiro atoms. The molecule has 0 aliphatic carbocycles. The summed E-state index contributed by atoms with van der Waals surface area (Å²) in [5.74, 6) is 0.0650. The van der Waals surface area contributed by atoms with Gasteiger partial charge in [-0.15, -0.1) is 0 Å². The van der Waals surface area contributed by atoms with Crippen LogP contribution in [0.4, 0.5) is 11.4 Å². The maximum Gasteiger partial charge on any atom is 0.224 e. The van der Waals surface area contributed by atoms with Crippen molar-refractivity contribution < 1.29 is 4.79 Å². The third-order valence-electron chi connectivity index (χ3n) is 3.69. The van der Waals surface area contributed by atoms with Gasteiger partial charge in [-0.05, 0) is 57.1 Å². The second kappa shape index (κ2) is 9.40. The Bertz CT molecular complexity index is 446. The van der Waals surface area contributed by atoms with Gasteiger partial charge in [0.15, 0.2) is 0 Å². The molecule has 0 aromatic heterocycles. The summed E-state index contributed by atoms with van der Waals surface area (Å²) >= 11 is 0. The summed E-state index contributed by atoms with van der Waals surface area (Å²) in [7, 11) is 0. The Balaban J connectivity index is 2.35. The molecule has 4 nitrogen and oxygen atoms in total. The van der Waals surface area contributed by atoms with E-state index in [1.54, 1.807) is 0 Å². The van der Waals surface area contributed by atoms with Crippen LogP contribution in [0.15, 0.2) is 18.2 Å². The molecule has 118 valence electrons. The lowest BCUT2D eigenvalue weighted by Gasteiger charge is -2.19. The number of unbranched alkanes of at least 4 members (excludes halogenated alkanes) is 1. The summed E-state index contributed by atoms with van der Waals surface area (Å²) in [6.45, 7) is 9.51. The van der Waals surface area contributed by atoms with Gasteiger partial charge in [-0.3, -0.25) is 4.79 Å². The fourth-order valence-electron chi connectivity index (χ4n) is 2.26. The highest BCUT2D eigenvalue weighted by Gasteiger charge is 2.07. The summed E-state index contributed by atoms with van der Waals surface area (Å²) in [5.41, 5.74) is 8.28. The van der Waals surface area contributed by atoms with Gasteiger partial charge in [-0.25, -0.2) is 0 Å². The summed E-state index contributed by atoms with van der Waals surface area (Å²) in [6.07, 6.45) is 3.88. The second-order valence-corrected chi connectivity index (χ2v) is 5.51. The van der Waals surface area contributed by atoms with Crippen LogP contribution in [-0.4, -0.2) is 30.4 Å². The van der Waals surface area contributed by atoms with Crippen LogP contribution in [0.2, 0.25) is 0 Å². The Morgan fingerprint density at radius 1 is 1.24 bits per heavy atom. The largest absolute Gasteiger partial charge is 0.399 e. The first-order valence-electron chi connectivity index (χ1n) is 7.95. The number of amides is 1. The monoisotopic (exact) mass is 291 g/mol. The zero-order chi connectivity index (χ0) is 15.7. The highest BCUT2D eigenvalue weighted by atomic mass is 16.1. The molecule has 0 unspecified atom stereocenters. The van der Waals surface area contributed by atoms with E-state index in [4.69, 9.17) is 5.73 Å². The number of nitrogens with one attached hydrogen (secondary N) is 1. The maximum atomic E-state index is 12.0. The van der Waals surface area contributed by atoms with Crippen LogP contribution in [0.5, 0.6) is 0 Å². The third-order valence-corrected chi connectivity index (χ3v) is 3.69. The lowest BCUT2D eigenvalue weighted by atomic mass is 10.1. The normalized spacial score (nSPS) is 10.9. The van der Waals surface area contributed by atoms with Gasteiger partial charge in [-0.1, -0.05) is 26.3 Å². The smallest absolute Gasteiger partial charge is 0.224 e. The fraction of sp³-hybridized carbons (Fsp3) is 0.588. The average Bonchev–Trinajstić information content (AvgIpc) is 2.46. The van der Waals surface area contributed by atoms with Crippen LogP contribution in [0.3, 0.4) is 0 Å². The molecule has 0 radical (unpaired) electrons. The molecule has 1 rings (SSSR count). The second-order valence-electron chi connectivity index (χ2n) is 5.51. The molecule has 0 saturated carbocycles. The van der Waals surface area contributed by atoms with Crippen molar-refractivity contribution in [3.05, 3.63) is 23.8 Å². The molecule has 0 fully saturated rings. The fourth-order valence-corrected chi connectivity index (χ4v) is 2.26. The number of nitrogens with zero attached hydrogens (tertiary/aromatic N) is 1. The number of aryl methyl sites for hydroxylation is 1. The highest BCUT2D eigenvalue weighted by molar-refractivity contribution is 5.91. The number of nitrogen functional groups attached to an aromatic ring is 1. The summed E-state index contributed by atoms with van der Waals surface area (Å²) in [6, 6.07) is 5.58. The van der Waals surface area contributed by atoms with Gasteiger partial charge < -0.3 is 16.0 Å². The Morgan fingerprint density at radius 3 is 2.62 bits per heavy atom. The van der Waals surface area contributed by atoms with Crippen molar-refractivity contribution in [2.75, 3.05) is 30.7 Å². The first-order valence-corrected chi connectivity index (χ1v) is 7.95. The van der Waals surface area contributed by atoms with Crippen molar-refractivity contribution >= 4 is 17.3 Å². The number of carbonyl (C=O) groups is 1. The predicted molar refractivity (Wildman–Crippen MR) is 90.5 cm³/mol. The van der Waals surface area contributed by atoms with Crippen LogP contribution in [0, 0.1) is 6.92 Å². The van der Waals surface area contributed by atoms with Gasteiger partial charge in [0.25, 0.3) is 0 Å². The quantitative estimate of drug-likeness (QED) is 0.685. The Labute approximate surface area is 128 Å². The SMILES string of the molecule is CCCCN(CC)CCCC(=O)Nc1cc(N)ccc1C. The van der Waals surface area contributed by atoms with Crippen LogP contribution in [0.25, 0.3) is 0 Å². The number of anilines is 2. The van der Waals surface area contributed by atoms with Crippen LogP contribution < -0.4 is 11.1 Å². The van der Waals surface area contributed by atoms with Crippen molar-refractivity contribution in [3.8, 4) is 0 Å². The van der Waals surface area contributed by atoms with E-state index in [1.807, 2.05) is 25.1 Å². The van der Waals surface area contributed by atoms with Crippen LogP contribution >= 0.6 is 0 Å². The van der Waals surface area contributed by atoms with E-state index in [0.29, 0.717) is 12.1 Å². The number of hydrogen-bond acceptors (Lipinski definition) is 3. The van der Waals surface area contributed by atoms with Gasteiger partial charge in [0, 0.05) is 17.8 Å². The van der Waals surface area contributed by atoms with Gasteiger partial charge in [-0.2, -0.15) is 0 Å². The third kappa shape index (κ3) is 6.63. The molecule has 1 amide bonds. The van der Waals surface area contributed by atoms with Crippen molar-refractivity contribution in [2.24, 2.45) is 0 Å². The van der Waals surface area contributed by atoms with Crippen LogP contribution in [0.1, 0.15) is 45.1 Å². The van der Waals surface area contributed by atoms with Crippen molar-refractivity contribution in [1.29, 1.82) is 0 Å². The van der Waals surface area contributed by atoms with Gasteiger partial charge in [0.05, 0.1) is 0 Å². The molecule has 0 aliphatic heterocycles. The van der Waals surface area contributed by atoms with E-state index in [-0.39, 0.29) is 5.91 Å². The molecule has 0 bridgehead atoms. The van der Waals surface area contributed by atoms with E-state index in [0.717, 1.165) is 37.3 Å². The maximum absolute atomic E-state index is 12.0. The molecule has 3 N–H and O–H groups in total. The van der Waals surface area contributed by atoms with E-state index < -0.39 is 0 Å². The number of rotatable bonds is 9. The van der Waals surface area contributed by atoms with Crippen LogP contribution in [-0.2, 0) is 4.79 Å². The van der Waals surface area contributed by atoms with E-state index in [1.165, 1.54) is 12.8 Å². The molecule has 0 aliphatic rings. The first kappa shape index (κ1) is 17.5. The Morgan fingerprint density at radius 2 is 1.95 bits per heavy atom. The van der Waals surface area contributed by atoms with Crippen molar-refractivity contribution in [2.45, 2.75) is 46.5 Å². The number of benzene rings is 1. The predicted octanol–water partition coefficient (Wildman–Crippen LogP) is 3.42. The minimum Gasteiger partial charge on any atom is -0.399 e. The van der Waals surface area contributed by atoms with Crippen molar-refractivity contribution in [1.82, 2.24) is 4.90 Å². The molecule has 4 heteroatoms. The molecular formula is C17H29N3O. The lowest BCUT2D eigenvalue weighted by molar-refractivity contribution is -0.116. The Hall–Kier alpha value is -1.55. The summed E-state index contributed by atoms with van der Waals surface area (Å²) in [5, 5.41) is 2.95. The molecule has 21 heavy (non-hydrogen) atoms. The van der Waals surface area contributed by atoms with Gasteiger partial charge in [0.2, 0.25) is 5.91 Å². The molecule has 1 aromatic rings. The minimum atomic E-state index is 0.0650. The zero-order valence-corrected chi connectivity index (χ0v) is 13.6. The summed E-state index contributed by atoms with van der Waals surface area (Å²) in [4.78, 5) is 14.4. The number of hydrogen-bond donors (Lipinski definition) is 2. The minimum absolute atomic E-state index is 0.0650. The summed E-state index contributed by atoms with van der Waals surface area (Å²) < 4.78 is 0. The molecular weight excluding hydrogens is 262 g/mol. The molecule has 0 atom stereocenters. The molecule has 0 heterocycles. The zero-order valence-electron chi connectivity index (χ0n) is 13.6. The first-order chi connectivity index (χ1) is 10.1. The van der Waals surface area contributed by atoms with Crippen molar-refractivity contribution in [3.63, 3.8) is 0 Å². The number of carbonyl (C=O) groups excluding carboxylic acids is 1. The topological polar surface area (TPSA) is 58.4 Å². The standard InChI is InChI=1S/C17H29N3O/c1-4-6-11-20(5-2)12-7-8-17(21)19-16-13-15(18)10-9-14(16)3/h9-10,13H,4-8,11-12,18H2,1-3H3,(H,19,21). The lowest BCUT2D eigenvalue weighted by Crippen LogP contribution is -2.26. The Kier molecular flexibility index (Phi) is 7.83. The molecule has 1 aromatic carbocycles. The van der Waals surface area contributed by atoms with Gasteiger partial charge >= 0.3 is 0 Å². The molecule has 0 saturated heterocycles.